The van der Waals surface area contributed by atoms with E-state index in [2.05, 4.69) is 10.6 Å². The van der Waals surface area contributed by atoms with E-state index >= 15 is 0 Å². The topological polar surface area (TPSA) is 497 Å². The fraction of sp³-hybridized carbons (Fsp3) is 0.0909. The monoisotopic (exact) mass is 1920 g/mol. The van der Waals surface area contributed by atoms with Gasteiger partial charge in [-0.2, -0.15) is 0 Å². The summed E-state index contributed by atoms with van der Waals surface area (Å²) in [5, 5.41) is 14.4. The predicted octanol–water partition coefficient (Wildman–Crippen LogP) is 10.0. The Balaban J connectivity index is 0.000000136. The maximum atomic E-state index is 13.4. The molecule has 0 bridgehead atoms. The molecular weight excluding hydrogens is 1840 g/mol. The highest BCUT2D eigenvalue weighted by Gasteiger charge is 2.42. The highest BCUT2D eigenvalue weighted by Crippen LogP contribution is 2.42. The highest BCUT2D eigenvalue weighted by molar-refractivity contribution is 7.91. The summed E-state index contributed by atoms with van der Waals surface area (Å²) >= 11 is 0. The Morgan fingerprint density at radius 3 is 0.662 bits per heavy atom. The lowest BCUT2D eigenvalue weighted by Crippen LogP contribution is -2.31. The van der Waals surface area contributed by atoms with Crippen LogP contribution in [0.5, 0.6) is 0 Å². The van der Waals surface area contributed by atoms with E-state index < -0.39 is 115 Å². The van der Waals surface area contributed by atoms with Crippen LogP contribution in [0.4, 0.5) is 0 Å². The van der Waals surface area contributed by atoms with Crippen molar-refractivity contribution < 1.29 is 105 Å². The Morgan fingerprint density at radius 1 is 0.272 bits per heavy atom. The molecule has 688 valence electrons. The van der Waals surface area contributed by atoms with Gasteiger partial charge in [-0.15, -0.1) is 0 Å². The minimum Gasteiger partial charge on any atom is -0.392 e. The van der Waals surface area contributed by atoms with Gasteiger partial charge in [-0.1, -0.05) is 206 Å². The standard InChI is InChI=1S/C23H18N2O5S.C21H16N2O4S.C21H15NO5S.C18H16N2O5S.C16H14N2O4S/c1-15(26)24-13-17-12-20-21(23(28)22(17)27)19(16-8-4-2-5-9-16)14-25(20)31(29,30)18-10-6-3-7-11-18;22-12-15-11-18-19(21(25)20(15)24)17(14-7-3-1-4-8-14)13-23(18)28(26,27)16-9-5-2-6-10-16;23-13-15-11-18-19(21(25)20(15)24)17(14-7-3-1-4-8-14)12-22(18)28(26,27)16-9-5-2-6-10-16;1-11(21)19-9-13-8-15-16(18(23)17(13)22)14(10-20(15)26(2,24)25)12-6-4-3-5-7-12;1-23(21,22)18-9-12(10-5-3-2-4-6-10)14-13(18)7-11(8-17)15(19)16(14)20/h2-12,14H,13H2,1H3,(H,24,26);1-11,13H,12,22H2;1-12,23H,13H2;3-8,10H,9H2,1-2H3,(H,19,21);2-7,9H,8,17H2,1H3. The van der Waals surface area contributed by atoms with Crippen molar-refractivity contribution in [2.75, 3.05) is 45.3 Å². The number of rotatable bonds is 20. The van der Waals surface area contributed by atoms with E-state index in [1.54, 1.807) is 194 Å². The number of aliphatic hydroxyl groups is 1. The van der Waals surface area contributed by atoms with Gasteiger partial charge in [-0.05, 0) is 94.6 Å². The van der Waals surface area contributed by atoms with Gasteiger partial charge >= 0.3 is 0 Å². The van der Waals surface area contributed by atoms with Crippen LogP contribution in [-0.2, 0) is 83.7 Å². The Bertz CT molecular complexity index is 7780. The van der Waals surface area contributed by atoms with E-state index in [1.165, 1.54) is 112 Å². The molecule has 37 heteroatoms. The molecule has 7 N–H and O–H groups in total. The number of aliphatic hydroxyl groups excluding tert-OH is 1. The van der Waals surface area contributed by atoms with Crippen molar-refractivity contribution in [2.45, 2.75) is 28.5 Å². The van der Waals surface area contributed by atoms with Crippen LogP contribution in [0.15, 0.2) is 316 Å². The third kappa shape index (κ3) is 19.0. The van der Waals surface area contributed by atoms with Crippen LogP contribution in [-0.4, -0.2) is 182 Å². The minimum absolute atomic E-state index is 0.0212. The van der Waals surface area contributed by atoms with Gasteiger partial charge in [0.05, 0.1) is 90.1 Å². The number of carbonyl (C=O) groups excluding carboxylic acids is 12. The quantitative estimate of drug-likeness (QED) is 0.0443. The molecule has 0 saturated heterocycles. The summed E-state index contributed by atoms with van der Waals surface area (Å²) in [6.07, 6.45) is 15.6. The Hall–Kier alpha value is -15.9. The Kier molecular flexibility index (Phi) is 27.7. The number of aromatic nitrogens is 5. The summed E-state index contributed by atoms with van der Waals surface area (Å²) < 4.78 is 133. The normalized spacial score (nSPS) is 14.0. The lowest BCUT2D eigenvalue weighted by molar-refractivity contribution is -0.119. The van der Waals surface area contributed by atoms with Crippen molar-refractivity contribution in [1.82, 2.24) is 30.5 Å². The molecule has 13 aromatic rings. The van der Waals surface area contributed by atoms with Crippen LogP contribution in [0.25, 0.3) is 86.0 Å². The van der Waals surface area contributed by atoms with Crippen LogP contribution in [0.1, 0.15) is 94.1 Å². The fourth-order valence-corrected chi connectivity index (χ4v) is 21.1. The van der Waals surface area contributed by atoms with Crippen LogP contribution in [0, 0.1) is 0 Å². The van der Waals surface area contributed by atoms with Crippen molar-refractivity contribution in [3.8, 4) is 55.6 Å². The van der Waals surface area contributed by atoms with Crippen molar-refractivity contribution in [1.29, 1.82) is 0 Å². The predicted molar refractivity (Wildman–Crippen MR) is 506 cm³/mol. The lowest BCUT2D eigenvalue weighted by Gasteiger charge is -2.15. The molecule has 5 heterocycles. The number of hydrogen-bond donors (Lipinski definition) is 5. The molecule has 0 saturated carbocycles. The second kappa shape index (κ2) is 39.1. The number of fused-ring (bicyclic) bond motifs is 5. The number of nitrogens with one attached hydrogen (secondary N) is 2. The molecule has 0 spiro atoms. The average molecular weight is 1920 g/mol. The van der Waals surface area contributed by atoms with E-state index in [0.717, 1.165) is 32.4 Å². The number of ketones is 10. The first-order valence-electron chi connectivity index (χ1n) is 41.1. The summed E-state index contributed by atoms with van der Waals surface area (Å²) in [6, 6.07) is 67.7. The summed E-state index contributed by atoms with van der Waals surface area (Å²) in [6.45, 7) is 1.33. The highest BCUT2D eigenvalue weighted by atomic mass is 32.2. The summed E-state index contributed by atoms with van der Waals surface area (Å²) in [4.78, 5) is 148. The SMILES string of the molecule is CC(=O)NCC1=Cc2c(c(-c3ccccc3)cn2S(=O)(=O)c2ccccc2)C(=O)C1=O.CC(=O)NCC1=Cc2c(c(-c3ccccc3)cn2S(C)(=O)=O)C(=O)C1=O.CS(=O)(=O)n1cc(-c2ccccc2)c2c1C=C(CN)C(=O)C2=O.NCC1=Cc2c(c(-c3ccccc3)cn2S(=O)(=O)c2ccccc2)C(=O)C1=O.O=C1C(=O)c2c(-c3ccccc3)cn(S(=O)(=O)c3ccccc3)c2C=C1CO. The molecule has 8 aromatic carbocycles. The van der Waals surface area contributed by atoms with Gasteiger partial charge < -0.3 is 27.2 Å². The second-order valence-electron chi connectivity index (χ2n) is 30.8. The molecule has 0 unspecified atom stereocenters. The molecule has 0 atom stereocenters. The van der Waals surface area contributed by atoms with Crippen molar-refractivity contribution >= 4 is 150 Å². The van der Waals surface area contributed by atoms with Crippen molar-refractivity contribution in [3.63, 3.8) is 0 Å². The molecule has 0 fully saturated rings. The van der Waals surface area contributed by atoms with Crippen LogP contribution < -0.4 is 22.1 Å². The first-order chi connectivity index (χ1) is 64.7. The summed E-state index contributed by atoms with van der Waals surface area (Å²) in [5.41, 5.74) is 17.1. The van der Waals surface area contributed by atoms with E-state index in [-0.39, 0.29) is 137 Å². The number of carbonyl (C=O) groups is 12. The average Bonchev–Trinajstić information content (AvgIpc) is 1.60. The van der Waals surface area contributed by atoms with Gasteiger partial charge in [0.25, 0.3) is 30.1 Å². The molecule has 0 radical (unpaired) electrons. The number of amides is 2. The van der Waals surface area contributed by atoms with E-state index in [0.29, 0.717) is 55.6 Å². The fourth-order valence-electron chi connectivity index (χ4n) is 15.4. The van der Waals surface area contributed by atoms with Crippen molar-refractivity contribution in [2.24, 2.45) is 11.5 Å². The van der Waals surface area contributed by atoms with Crippen LogP contribution in [0.3, 0.4) is 0 Å². The zero-order valence-corrected chi connectivity index (χ0v) is 76.3. The summed E-state index contributed by atoms with van der Waals surface area (Å²) in [7, 11) is -19.4. The number of hydrogen-bond acceptors (Lipinski definition) is 25. The molecule has 18 rings (SSSR count). The lowest BCUT2D eigenvalue weighted by atomic mass is 9.90. The van der Waals surface area contributed by atoms with E-state index in [9.17, 15) is 105 Å². The van der Waals surface area contributed by atoms with E-state index in [1.807, 2.05) is 12.1 Å². The van der Waals surface area contributed by atoms with Gasteiger partial charge in [0, 0.05) is 127 Å². The van der Waals surface area contributed by atoms with Gasteiger partial charge in [0.1, 0.15) is 0 Å². The molecule has 5 aromatic heterocycles. The minimum atomic E-state index is -4.04. The molecular formula is C99H79N9O23S5. The molecule has 5 aliphatic rings. The number of benzene rings is 8. The van der Waals surface area contributed by atoms with Crippen LogP contribution in [0.2, 0.25) is 0 Å². The van der Waals surface area contributed by atoms with Gasteiger partial charge in [0.2, 0.25) is 89.7 Å². The smallest absolute Gasteiger partial charge is 0.268 e. The number of nitrogens with two attached hydrogens (primary N) is 2. The molecule has 0 aliphatic heterocycles. The van der Waals surface area contributed by atoms with Gasteiger partial charge in [-0.3, -0.25) is 57.5 Å². The summed E-state index contributed by atoms with van der Waals surface area (Å²) in [5.74, 6) is -8.40. The third-order valence-electron chi connectivity index (χ3n) is 21.9. The van der Waals surface area contributed by atoms with Gasteiger partial charge in [-0.25, -0.2) is 62.0 Å². The molecule has 136 heavy (non-hydrogen) atoms. The largest absolute Gasteiger partial charge is 0.392 e. The van der Waals surface area contributed by atoms with Crippen molar-refractivity contribution in [3.05, 3.63) is 358 Å². The Labute approximate surface area is 778 Å². The first-order valence-corrected chi connectivity index (χ1v) is 49.1. The maximum Gasteiger partial charge on any atom is 0.268 e. The number of nitrogens with zero attached hydrogens (tertiary/aromatic N) is 5. The maximum absolute atomic E-state index is 13.4. The van der Waals surface area contributed by atoms with E-state index in [4.69, 9.17) is 11.5 Å². The number of Topliss-reactive ketones (excluding diaryl/α,β-unsaturated/α-hetero) is 10. The van der Waals surface area contributed by atoms with Gasteiger partial charge in [0.15, 0.2) is 0 Å². The Morgan fingerprint density at radius 2 is 0.456 bits per heavy atom. The molecule has 32 nitrogen and oxygen atoms in total. The second-order valence-corrected chi connectivity index (χ2v) is 40.0. The van der Waals surface area contributed by atoms with Crippen LogP contribution >= 0.6 is 0 Å². The zero-order valence-electron chi connectivity index (χ0n) is 72.3. The molecule has 2 amide bonds. The molecule has 5 aliphatic carbocycles. The zero-order chi connectivity index (χ0) is 97.8. The first kappa shape index (κ1) is 96.2. The third-order valence-corrected chi connectivity index (χ3v) is 29.0.